The van der Waals surface area contributed by atoms with E-state index in [-0.39, 0.29) is 0 Å². The zero-order chi connectivity index (χ0) is 33.0. The van der Waals surface area contributed by atoms with Crippen molar-refractivity contribution in [2.75, 3.05) is 0 Å². The van der Waals surface area contributed by atoms with Gasteiger partial charge >= 0.3 is 0 Å². The lowest BCUT2D eigenvalue weighted by Crippen LogP contribution is -2.03. The van der Waals surface area contributed by atoms with Crippen molar-refractivity contribution in [1.29, 1.82) is 0 Å². The molecule has 0 N–H and O–H groups in total. The third-order valence-electron chi connectivity index (χ3n) is 9.46. The smallest absolute Gasteiger partial charge is 0.166 e. The van der Waals surface area contributed by atoms with Crippen LogP contribution in [0.15, 0.2) is 170 Å². The van der Waals surface area contributed by atoms with Gasteiger partial charge in [0, 0.05) is 47.6 Å². The summed E-state index contributed by atoms with van der Waals surface area (Å²) in [7, 11) is 0. The maximum atomic E-state index is 5.23. The van der Waals surface area contributed by atoms with Gasteiger partial charge in [-0.2, -0.15) is 0 Å². The zero-order valence-electron chi connectivity index (χ0n) is 26.9. The van der Waals surface area contributed by atoms with E-state index < -0.39 is 0 Å². The highest BCUT2D eigenvalue weighted by molar-refractivity contribution is 7.25. The third kappa shape index (κ3) is 4.63. The Kier molecular flexibility index (Phi) is 6.64. The molecule has 4 nitrogen and oxygen atoms in total. The molecule has 0 saturated carbocycles. The summed E-state index contributed by atoms with van der Waals surface area (Å²) < 4.78 is 4.88. The predicted octanol–water partition coefficient (Wildman–Crippen LogP) is 12.0. The Balaban J connectivity index is 1.34. The van der Waals surface area contributed by atoms with E-state index in [9.17, 15) is 0 Å². The minimum atomic E-state index is 0.634. The zero-order valence-corrected chi connectivity index (χ0v) is 27.7. The molecule has 0 fully saturated rings. The van der Waals surface area contributed by atoms with E-state index in [4.69, 9.17) is 15.0 Å². The fourth-order valence-electron chi connectivity index (χ4n) is 7.19. The van der Waals surface area contributed by atoms with Gasteiger partial charge < -0.3 is 4.57 Å². The molecule has 50 heavy (non-hydrogen) atoms. The first-order valence-corrected chi connectivity index (χ1v) is 17.5. The van der Waals surface area contributed by atoms with Gasteiger partial charge in [0.2, 0.25) is 0 Å². The Morgan fingerprint density at radius 1 is 0.380 bits per heavy atom. The van der Waals surface area contributed by atoms with Crippen LogP contribution < -0.4 is 0 Å². The molecule has 0 saturated heterocycles. The molecule has 0 aliphatic rings. The lowest BCUT2D eigenvalue weighted by Gasteiger charge is -2.15. The summed E-state index contributed by atoms with van der Waals surface area (Å²) in [5, 5.41) is 4.85. The van der Waals surface area contributed by atoms with Gasteiger partial charge in [-0.1, -0.05) is 140 Å². The topological polar surface area (TPSA) is 43.6 Å². The van der Waals surface area contributed by atoms with Gasteiger partial charge in [-0.25, -0.2) is 15.0 Å². The van der Waals surface area contributed by atoms with Crippen molar-refractivity contribution in [1.82, 2.24) is 19.5 Å². The molecule has 0 amide bonds. The quantitative estimate of drug-likeness (QED) is 0.185. The first kappa shape index (κ1) is 28.6. The Labute approximate surface area is 292 Å². The van der Waals surface area contributed by atoms with Crippen LogP contribution in [0.25, 0.3) is 93.0 Å². The van der Waals surface area contributed by atoms with Gasteiger partial charge in [-0.3, -0.25) is 0 Å². The average molecular weight is 657 g/mol. The second kappa shape index (κ2) is 11.6. The Bertz CT molecular complexity index is 2800. The van der Waals surface area contributed by atoms with Crippen molar-refractivity contribution in [2.45, 2.75) is 0 Å². The molecule has 10 rings (SSSR count). The molecule has 0 aliphatic heterocycles. The van der Waals surface area contributed by atoms with Crippen LogP contribution in [0.4, 0.5) is 0 Å². The van der Waals surface area contributed by atoms with Crippen LogP contribution in [-0.4, -0.2) is 19.5 Å². The number of benzene rings is 7. The largest absolute Gasteiger partial charge is 0.308 e. The van der Waals surface area contributed by atoms with Gasteiger partial charge in [0.15, 0.2) is 17.5 Å². The number of nitrogens with zero attached hydrogens (tertiary/aromatic N) is 4. The Hall–Kier alpha value is -6.43. The van der Waals surface area contributed by atoms with Crippen LogP contribution in [0, 0.1) is 0 Å². The SMILES string of the molecule is c1ccc(-c2nc(-c3ccccc3)nc(-c3cc4c(cc3-n3c5ccccc5c5c(-c6ccccc6)cccc53)sc3ccccc34)n2)cc1. The fourth-order valence-corrected chi connectivity index (χ4v) is 8.31. The molecule has 0 spiro atoms. The first-order valence-electron chi connectivity index (χ1n) is 16.7. The van der Waals surface area contributed by atoms with E-state index in [0.717, 1.165) is 33.4 Å². The molecular formula is C45H28N4S. The standard InChI is InChI=1S/C45H28N4S/c1-4-15-29(16-5-1)32-23-14-25-38-42(32)34-22-10-12-24-37(34)49(38)39-28-41-35(33-21-11-13-26-40(33)50-41)27-36(39)45-47-43(30-17-6-2-7-18-30)46-44(48-45)31-19-8-3-9-20-31/h1-28H. The highest BCUT2D eigenvalue weighted by Crippen LogP contribution is 2.44. The van der Waals surface area contributed by atoms with E-state index in [1.165, 1.54) is 42.1 Å². The van der Waals surface area contributed by atoms with Crippen molar-refractivity contribution in [3.63, 3.8) is 0 Å². The van der Waals surface area contributed by atoms with E-state index >= 15 is 0 Å². The first-order chi connectivity index (χ1) is 24.8. The summed E-state index contributed by atoms with van der Waals surface area (Å²) in [6.07, 6.45) is 0. The van der Waals surface area contributed by atoms with Gasteiger partial charge in [-0.15, -0.1) is 11.3 Å². The van der Waals surface area contributed by atoms with Crippen LogP contribution in [0.5, 0.6) is 0 Å². The second-order valence-corrected chi connectivity index (χ2v) is 13.5. The molecule has 5 heteroatoms. The average Bonchev–Trinajstić information content (AvgIpc) is 3.73. The Morgan fingerprint density at radius 2 is 0.940 bits per heavy atom. The lowest BCUT2D eigenvalue weighted by atomic mass is 9.99. The maximum absolute atomic E-state index is 5.23. The molecular weight excluding hydrogens is 629 g/mol. The van der Waals surface area contributed by atoms with Crippen molar-refractivity contribution in [2.24, 2.45) is 0 Å². The van der Waals surface area contributed by atoms with Crippen LogP contribution >= 0.6 is 11.3 Å². The van der Waals surface area contributed by atoms with Gasteiger partial charge in [0.1, 0.15) is 0 Å². The summed E-state index contributed by atoms with van der Waals surface area (Å²) in [6, 6.07) is 59.7. The van der Waals surface area contributed by atoms with Gasteiger partial charge in [0.25, 0.3) is 0 Å². The normalized spacial score (nSPS) is 11.6. The monoisotopic (exact) mass is 656 g/mol. The number of aromatic nitrogens is 4. The number of rotatable bonds is 5. The van der Waals surface area contributed by atoms with Crippen molar-refractivity contribution in [3.05, 3.63) is 170 Å². The summed E-state index contributed by atoms with van der Waals surface area (Å²) in [5.41, 5.74) is 8.54. The molecule has 0 radical (unpaired) electrons. The third-order valence-corrected chi connectivity index (χ3v) is 10.6. The van der Waals surface area contributed by atoms with Crippen LogP contribution in [0.2, 0.25) is 0 Å². The second-order valence-electron chi connectivity index (χ2n) is 12.4. The molecule has 0 aliphatic carbocycles. The minimum absolute atomic E-state index is 0.634. The highest BCUT2D eigenvalue weighted by atomic mass is 32.1. The van der Waals surface area contributed by atoms with E-state index in [1.54, 1.807) is 0 Å². The Morgan fingerprint density at radius 3 is 1.64 bits per heavy atom. The lowest BCUT2D eigenvalue weighted by molar-refractivity contribution is 1.07. The summed E-state index contributed by atoms with van der Waals surface area (Å²) in [4.78, 5) is 15.5. The number of hydrogen-bond donors (Lipinski definition) is 0. The molecule has 0 atom stereocenters. The number of fused-ring (bicyclic) bond motifs is 6. The van der Waals surface area contributed by atoms with Gasteiger partial charge in [0.05, 0.1) is 16.7 Å². The molecule has 3 heterocycles. The number of hydrogen-bond acceptors (Lipinski definition) is 4. The molecule has 7 aromatic carbocycles. The highest BCUT2D eigenvalue weighted by Gasteiger charge is 2.22. The minimum Gasteiger partial charge on any atom is -0.308 e. The summed E-state index contributed by atoms with van der Waals surface area (Å²) in [6.45, 7) is 0. The van der Waals surface area contributed by atoms with Crippen molar-refractivity contribution < 1.29 is 0 Å². The van der Waals surface area contributed by atoms with Crippen molar-refractivity contribution in [3.8, 4) is 51.0 Å². The van der Waals surface area contributed by atoms with Crippen LogP contribution in [-0.2, 0) is 0 Å². The van der Waals surface area contributed by atoms with E-state index in [2.05, 4.69) is 138 Å². The summed E-state index contributed by atoms with van der Waals surface area (Å²) in [5.74, 6) is 1.92. The predicted molar refractivity (Wildman–Crippen MR) is 209 cm³/mol. The molecule has 3 aromatic heterocycles. The molecule has 0 bridgehead atoms. The molecule has 234 valence electrons. The summed E-state index contributed by atoms with van der Waals surface area (Å²) >= 11 is 1.82. The van der Waals surface area contributed by atoms with Crippen molar-refractivity contribution >= 4 is 53.3 Å². The van der Waals surface area contributed by atoms with Gasteiger partial charge in [-0.05, 0) is 41.5 Å². The maximum Gasteiger partial charge on any atom is 0.166 e. The molecule has 0 unspecified atom stereocenters. The van der Waals surface area contributed by atoms with Crippen LogP contribution in [0.1, 0.15) is 0 Å². The number of para-hydroxylation sites is 1. The fraction of sp³-hybridized carbons (Fsp3) is 0. The van der Waals surface area contributed by atoms with Crippen LogP contribution in [0.3, 0.4) is 0 Å². The number of thiophene rings is 1. The van der Waals surface area contributed by atoms with E-state index in [1.807, 2.05) is 47.7 Å². The van der Waals surface area contributed by atoms with E-state index in [0.29, 0.717) is 17.5 Å². The molecule has 10 aromatic rings.